The molecule has 1 heterocycles. The summed E-state index contributed by atoms with van der Waals surface area (Å²) < 4.78 is 5.19. The molecule has 1 aromatic heterocycles. The first-order valence-corrected chi connectivity index (χ1v) is 5.56. The molecule has 1 rings (SSSR count). The fourth-order valence-electron chi connectivity index (χ4n) is 0.843. The summed E-state index contributed by atoms with van der Waals surface area (Å²) in [7, 11) is 0. The average Bonchev–Trinajstić information content (AvgIpc) is 2.36. The highest BCUT2D eigenvalue weighted by molar-refractivity contribution is 9.10. The minimum atomic E-state index is 0.705. The van der Waals surface area contributed by atoms with Gasteiger partial charge in [-0.3, -0.25) is 0 Å². The van der Waals surface area contributed by atoms with E-state index in [0.717, 1.165) is 17.6 Å². The van der Waals surface area contributed by atoms with Crippen LogP contribution in [0, 0.1) is 5.92 Å². The molecule has 12 heavy (non-hydrogen) atoms. The highest BCUT2D eigenvalue weighted by Crippen LogP contribution is 2.19. The summed E-state index contributed by atoms with van der Waals surface area (Å²) in [5.74, 6) is 0.705. The molecular weight excluding hydrogens is 236 g/mol. The molecule has 0 aromatic carbocycles. The predicted octanol–water partition coefficient (Wildman–Crippen LogP) is 2.65. The van der Waals surface area contributed by atoms with Crippen LogP contribution in [0.4, 0.5) is 0 Å². The normalized spacial score (nSPS) is 11.0. The highest BCUT2D eigenvalue weighted by atomic mass is 79.9. The van der Waals surface area contributed by atoms with Crippen molar-refractivity contribution in [3.05, 3.63) is 15.5 Å². The molecule has 0 aliphatic carbocycles. The molecule has 4 heteroatoms. The maximum atomic E-state index is 4.07. The van der Waals surface area contributed by atoms with Gasteiger partial charge < -0.3 is 5.32 Å². The molecule has 0 saturated heterocycles. The van der Waals surface area contributed by atoms with E-state index in [0.29, 0.717) is 5.92 Å². The lowest BCUT2D eigenvalue weighted by Gasteiger charge is -2.05. The van der Waals surface area contributed by atoms with E-state index in [1.807, 2.05) is 6.20 Å². The Morgan fingerprint density at radius 1 is 1.67 bits per heavy atom. The number of aromatic nitrogens is 1. The second-order valence-electron chi connectivity index (χ2n) is 3.12. The van der Waals surface area contributed by atoms with Crippen LogP contribution in [0.15, 0.2) is 10.7 Å². The largest absolute Gasteiger partial charge is 0.312 e. The molecule has 0 saturated carbocycles. The Kier molecular flexibility index (Phi) is 4.18. The Bertz CT molecular complexity index is 235. The Morgan fingerprint density at radius 3 is 2.92 bits per heavy atom. The fourth-order valence-corrected chi connectivity index (χ4v) is 2.03. The number of rotatable bonds is 4. The van der Waals surface area contributed by atoms with Crippen LogP contribution in [0.1, 0.15) is 18.7 Å². The standard InChI is InChI=1S/C8H13BrN2S/c1-6(2)3-10-5-8-7(9)4-11-12-8/h4,6,10H,3,5H2,1-2H3. The summed E-state index contributed by atoms with van der Waals surface area (Å²) >= 11 is 4.98. The van der Waals surface area contributed by atoms with E-state index in [2.05, 4.69) is 39.5 Å². The van der Waals surface area contributed by atoms with Gasteiger partial charge in [-0.1, -0.05) is 13.8 Å². The molecule has 0 atom stereocenters. The van der Waals surface area contributed by atoms with Crippen molar-refractivity contribution in [3.63, 3.8) is 0 Å². The molecular formula is C8H13BrN2S. The maximum absolute atomic E-state index is 4.07. The lowest BCUT2D eigenvalue weighted by atomic mass is 10.2. The molecule has 0 amide bonds. The first-order chi connectivity index (χ1) is 5.70. The third kappa shape index (κ3) is 3.21. The van der Waals surface area contributed by atoms with Crippen molar-refractivity contribution < 1.29 is 0 Å². The van der Waals surface area contributed by atoms with Crippen molar-refractivity contribution in [1.29, 1.82) is 0 Å². The van der Waals surface area contributed by atoms with Gasteiger partial charge in [0.15, 0.2) is 0 Å². The fraction of sp³-hybridized carbons (Fsp3) is 0.625. The monoisotopic (exact) mass is 248 g/mol. The average molecular weight is 249 g/mol. The van der Waals surface area contributed by atoms with E-state index in [1.165, 1.54) is 4.88 Å². The summed E-state index contributed by atoms with van der Waals surface area (Å²) in [6.45, 7) is 6.39. The van der Waals surface area contributed by atoms with Crippen LogP contribution >= 0.6 is 27.5 Å². The summed E-state index contributed by atoms with van der Waals surface area (Å²) in [6, 6.07) is 0. The molecule has 0 radical (unpaired) electrons. The third-order valence-corrected chi connectivity index (χ3v) is 3.17. The molecule has 0 aliphatic rings. The smallest absolute Gasteiger partial charge is 0.0552 e. The van der Waals surface area contributed by atoms with Gasteiger partial charge in [-0.25, -0.2) is 0 Å². The SMILES string of the molecule is CC(C)CNCc1sncc1Br. The van der Waals surface area contributed by atoms with E-state index >= 15 is 0 Å². The van der Waals surface area contributed by atoms with Crippen molar-refractivity contribution in [2.45, 2.75) is 20.4 Å². The molecule has 2 nitrogen and oxygen atoms in total. The van der Waals surface area contributed by atoms with Crippen molar-refractivity contribution in [3.8, 4) is 0 Å². The second-order valence-corrected chi connectivity index (χ2v) is 4.86. The third-order valence-electron chi connectivity index (χ3n) is 1.43. The van der Waals surface area contributed by atoms with E-state index < -0.39 is 0 Å². The second kappa shape index (κ2) is 4.94. The molecule has 0 spiro atoms. The zero-order chi connectivity index (χ0) is 8.97. The molecule has 0 aliphatic heterocycles. The molecule has 1 aromatic rings. The van der Waals surface area contributed by atoms with E-state index in [9.17, 15) is 0 Å². The number of nitrogens with zero attached hydrogens (tertiary/aromatic N) is 1. The number of nitrogens with one attached hydrogen (secondary N) is 1. The number of hydrogen-bond acceptors (Lipinski definition) is 3. The summed E-state index contributed by atoms with van der Waals surface area (Å²) in [5, 5.41) is 3.37. The summed E-state index contributed by atoms with van der Waals surface area (Å²) in [6.07, 6.45) is 1.84. The molecule has 1 N–H and O–H groups in total. The molecule has 0 bridgehead atoms. The minimum absolute atomic E-state index is 0.705. The minimum Gasteiger partial charge on any atom is -0.312 e. The topological polar surface area (TPSA) is 24.9 Å². The van der Waals surface area contributed by atoms with Crippen molar-refractivity contribution in [1.82, 2.24) is 9.69 Å². The van der Waals surface area contributed by atoms with Crippen LogP contribution in [0.5, 0.6) is 0 Å². The van der Waals surface area contributed by atoms with Gasteiger partial charge in [0, 0.05) is 6.54 Å². The Morgan fingerprint density at radius 2 is 2.42 bits per heavy atom. The van der Waals surface area contributed by atoms with Crippen LogP contribution in [-0.4, -0.2) is 10.9 Å². The Hall–Kier alpha value is 0.0700. The van der Waals surface area contributed by atoms with Crippen molar-refractivity contribution >= 4 is 27.5 Å². The van der Waals surface area contributed by atoms with Gasteiger partial charge in [-0.15, -0.1) is 0 Å². The Labute approximate surface area is 85.7 Å². The van der Waals surface area contributed by atoms with Gasteiger partial charge in [0.2, 0.25) is 0 Å². The summed E-state index contributed by atoms with van der Waals surface area (Å²) in [4.78, 5) is 1.27. The van der Waals surface area contributed by atoms with E-state index in [4.69, 9.17) is 0 Å². The van der Waals surface area contributed by atoms with Crippen LogP contribution in [0.3, 0.4) is 0 Å². The quantitative estimate of drug-likeness (QED) is 0.887. The lowest BCUT2D eigenvalue weighted by Crippen LogP contribution is -2.18. The first kappa shape index (κ1) is 10.2. The Balaban J connectivity index is 2.29. The maximum Gasteiger partial charge on any atom is 0.0552 e. The van der Waals surface area contributed by atoms with Gasteiger partial charge in [0.25, 0.3) is 0 Å². The van der Waals surface area contributed by atoms with Crippen LogP contribution in [0.25, 0.3) is 0 Å². The van der Waals surface area contributed by atoms with E-state index in [1.54, 1.807) is 11.5 Å². The molecule has 0 unspecified atom stereocenters. The van der Waals surface area contributed by atoms with Crippen molar-refractivity contribution in [2.75, 3.05) is 6.54 Å². The predicted molar refractivity (Wildman–Crippen MR) is 56.4 cm³/mol. The van der Waals surface area contributed by atoms with Gasteiger partial charge in [0.05, 0.1) is 15.5 Å². The van der Waals surface area contributed by atoms with Gasteiger partial charge in [0.1, 0.15) is 0 Å². The number of halogens is 1. The zero-order valence-electron chi connectivity index (χ0n) is 7.30. The molecule has 68 valence electrons. The van der Waals surface area contributed by atoms with Gasteiger partial charge in [-0.2, -0.15) is 4.37 Å². The number of hydrogen-bond donors (Lipinski definition) is 1. The van der Waals surface area contributed by atoms with Gasteiger partial charge in [-0.05, 0) is 39.9 Å². The summed E-state index contributed by atoms with van der Waals surface area (Å²) in [5.41, 5.74) is 0. The van der Waals surface area contributed by atoms with Crippen LogP contribution < -0.4 is 5.32 Å². The van der Waals surface area contributed by atoms with Crippen LogP contribution in [-0.2, 0) is 6.54 Å². The lowest BCUT2D eigenvalue weighted by molar-refractivity contribution is 0.554. The molecule has 0 fully saturated rings. The highest BCUT2D eigenvalue weighted by Gasteiger charge is 2.01. The van der Waals surface area contributed by atoms with E-state index in [-0.39, 0.29) is 0 Å². The first-order valence-electron chi connectivity index (χ1n) is 4.00. The van der Waals surface area contributed by atoms with Gasteiger partial charge >= 0.3 is 0 Å². The van der Waals surface area contributed by atoms with Crippen LogP contribution in [0.2, 0.25) is 0 Å². The zero-order valence-corrected chi connectivity index (χ0v) is 9.70. The van der Waals surface area contributed by atoms with Crippen molar-refractivity contribution in [2.24, 2.45) is 5.92 Å².